The molecule has 0 spiro atoms. The molecule has 0 unspecified atom stereocenters. The van der Waals surface area contributed by atoms with Crippen molar-refractivity contribution < 1.29 is 9.90 Å². The van der Waals surface area contributed by atoms with E-state index in [-0.39, 0.29) is 30.9 Å². The van der Waals surface area contributed by atoms with Gasteiger partial charge in [0.15, 0.2) is 0 Å². The predicted molar refractivity (Wildman–Crippen MR) is 53.5 cm³/mol. The summed E-state index contributed by atoms with van der Waals surface area (Å²) < 4.78 is 0. The Labute approximate surface area is 89.1 Å². The summed E-state index contributed by atoms with van der Waals surface area (Å²) in [6.07, 6.45) is -0.681. The van der Waals surface area contributed by atoms with Gasteiger partial charge in [-0.2, -0.15) is 5.26 Å². The van der Waals surface area contributed by atoms with Crippen molar-refractivity contribution in [2.24, 2.45) is 0 Å². The molecule has 6 heteroatoms. The van der Waals surface area contributed by atoms with Crippen LogP contribution in [-0.4, -0.2) is 41.3 Å². The second-order valence-electron chi connectivity index (χ2n) is 3.26. The van der Waals surface area contributed by atoms with Crippen LogP contribution < -0.4 is 5.32 Å². The minimum absolute atomic E-state index is 0. The van der Waals surface area contributed by atoms with Crippen LogP contribution in [0, 0.1) is 11.3 Å². The number of hydrogen-bond acceptors (Lipinski definition) is 3. The van der Waals surface area contributed by atoms with Crippen LogP contribution in [0.3, 0.4) is 0 Å². The molecular formula is C8H14ClN3O2. The summed E-state index contributed by atoms with van der Waals surface area (Å²) in [5.74, 6) is 0. The molecule has 1 aliphatic heterocycles. The number of piperazine rings is 1. The molecule has 1 rings (SSSR count). The van der Waals surface area contributed by atoms with Crippen LogP contribution in [0.4, 0.5) is 4.79 Å². The summed E-state index contributed by atoms with van der Waals surface area (Å²) in [5.41, 5.74) is 0. The number of halogens is 1. The Kier molecular flexibility index (Phi) is 5.28. The average molecular weight is 220 g/mol. The number of hydrogen-bond donors (Lipinski definition) is 2. The second kappa shape index (κ2) is 5.68. The number of rotatable bonds is 1. The van der Waals surface area contributed by atoms with E-state index in [0.717, 1.165) is 0 Å². The van der Waals surface area contributed by atoms with Crippen LogP contribution in [0.25, 0.3) is 0 Å². The molecule has 0 aromatic rings. The molecular weight excluding hydrogens is 206 g/mol. The number of nitriles is 1. The maximum absolute atomic E-state index is 10.8. The van der Waals surface area contributed by atoms with Gasteiger partial charge in [0.05, 0.1) is 18.5 Å². The first-order valence-electron chi connectivity index (χ1n) is 4.25. The zero-order chi connectivity index (χ0) is 9.84. The molecule has 5 nitrogen and oxygen atoms in total. The summed E-state index contributed by atoms with van der Waals surface area (Å²) in [6.45, 7) is 2.96. The molecule has 0 saturated carbocycles. The van der Waals surface area contributed by atoms with Crippen molar-refractivity contribution >= 4 is 18.5 Å². The first-order valence-corrected chi connectivity index (χ1v) is 4.25. The van der Waals surface area contributed by atoms with Crippen LogP contribution in [-0.2, 0) is 0 Å². The molecule has 0 aliphatic carbocycles. The van der Waals surface area contributed by atoms with Crippen molar-refractivity contribution in [2.45, 2.75) is 25.4 Å². The second-order valence-corrected chi connectivity index (χ2v) is 3.26. The Morgan fingerprint density at radius 3 is 2.93 bits per heavy atom. The van der Waals surface area contributed by atoms with Crippen molar-refractivity contribution in [3.63, 3.8) is 0 Å². The van der Waals surface area contributed by atoms with Crippen molar-refractivity contribution in [1.82, 2.24) is 10.2 Å². The van der Waals surface area contributed by atoms with Gasteiger partial charge in [-0.1, -0.05) is 0 Å². The fourth-order valence-corrected chi connectivity index (χ4v) is 1.48. The maximum atomic E-state index is 10.8. The Hall–Kier alpha value is -0.990. The SMILES string of the molecule is C[C@@H]1CN(C(=O)O)[C@@H](CC#N)CN1.Cl. The number of nitrogens with zero attached hydrogens (tertiary/aromatic N) is 2. The Balaban J connectivity index is 0.00000169. The quantitative estimate of drug-likeness (QED) is 0.680. The standard InChI is InChI=1S/C8H13N3O2.ClH/c1-6-5-11(8(12)13)7(2-3-9)4-10-6;/h6-7,10H,2,4-5H2,1H3,(H,12,13);1H/t6-,7+;/m1./s1. The smallest absolute Gasteiger partial charge is 0.407 e. The lowest BCUT2D eigenvalue weighted by molar-refractivity contribution is 0.102. The molecule has 1 saturated heterocycles. The highest BCUT2D eigenvalue weighted by molar-refractivity contribution is 5.85. The van der Waals surface area contributed by atoms with E-state index in [9.17, 15) is 4.79 Å². The normalized spacial score (nSPS) is 26.1. The zero-order valence-corrected chi connectivity index (χ0v) is 8.75. The van der Waals surface area contributed by atoms with Crippen molar-refractivity contribution in [3.8, 4) is 6.07 Å². The van der Waals surface area contributed by atoms with Gasteiger partial charge >= 0.3 is 6.09 Å². The molecule has 0 aromatic heterocycles. The van der Waals surface area contributed by atoms with Gasteiger partial charge in [-0.15, -0.1) is 12.4 Å². The van der Waals surface area contributed by atoms with E-state index in [2.05, 4.69) is 5.32 Å². The van der Waals surface area contributed by atoms with Crippen molar-refractivity contribution in [2.75, 3.05) is 13.1 Å². The van der Waals surface area contributed by atoms with Gasteiger partial charge in [0.25, 0.3) is 0 Å². The highest BCUT2D eigenvalue weighted by atomic mass is 35.5. The molecule has 0 aromatic carbocycles. The summed E-state index contributed by atoms with van der Waals surface area (Å²) in [7, 11) is 0. The molecule has 2 N–H and O–H groups in total. The van der Waals surface area contributed by atoms with Crippen LogP contribution in [0.15, 0.2) is 0 Å². The maximum Gasteiger partial charge on any atom is 0.407 e. The van der Waals surface area contributed by atoms with Crippen LogP contribution in [0.2, 0.25) is 0 Å². The van der Waals surface area contributed by atoms with E-state index >= 15 is 0 Å². The van der Waals surface area contributed by atoms with E-state index in [1.807, 2.05) is 13.0 Å². The van der Waals surface area contributed by atoms with E-state index < -0.39 is 6.09 Å². The van der Waals surface area contributed by atoms with E-state index in [1.165, 1.54) is 4.90 Å². The van der Waals surface area contributed by atoms with Gasteiger partial charge < -0.3 is 15.3 Å². The molecule has 1 fully saturated rings. The summed E-state index contributed by atoms with van der Waals surface area (Å²) in [4.78, 5) is 12.1. The highest BCUT2D eigenvalue weighted by Crippen LogP contribution is 2.09. The summed E-state index contributed by atoms with van der Waals surface area (Å²) >= 11 is 0. The highest BCUT2D eigenvalue weighted by Gasteiger charge is 2.28. The van der Waals surface area contributed by atoms with Gasteiger partial charge in [0, 0.05) is 19.1 Å². The van der Waals surface area contributed by atoms with Gasteiger partial charge in [0.1, 0.15) is 0 Å². The number of nitrogens with one attached hydrogen (secondary N) is 1. The largest absolute Gasteiger partial charge is 0.465 e. The molecule has 0 bridgehead atoms. The lowest BCUT2D eigenvalue weighted by Gasteiger charge is -2.36. The van der Waals surface area contributed by atoms with Crippen molar-refractivity contribution in [1.29, 1.82) is 5.26 Å². The average Bonchev–Trinajstić information content (AvgIpc) is 2.08. The molecule has 14 heavy (non-hydrogen) atoms. The third-order valence-electron chi connectivity index (χ3n) is 2.19. The molecule has 1 amide bonds. The molecule has 80 valence electrons. The van der Waals surface area contributed by atoms with Crippen LogP contribution >= 0.6 is 12.4 Å². The predicted octanol–water partition coefficient (Wildman–Crippen LogP) is 0.662. The molecule has 2 atom stereocenters. The first-order chi connectivity index (χ1) is 6.15. The van der Waals surface area contributed by atoms with Crippen molar-refractivity contribution in [3.05, 3.63) is 0 Å². The topological polar surface area (TPSA) is 76.4 Å². The summed E-state index contributed by atoms with van der Waals surface area (Å²) in [6, 6.07) is 1.97. The van der Waals surface area contributed by atoms with Gasteiger partial charge in [-0.3, -0.25) is 0 Å². The van der Waals surface area contributed by atoms with Crippen LogP contribution in [0.5, 0.6) is 0 Å². The fraction of sp³-hybridized carbons (Fsp3) is 0.750. The number of carboxylic acid groups (broad SMARTS) is 1. The van der Waals surface area contributed by atoms with E-state index in [0.29, 0.717) is 13.1 Å². The molecule has 0 radical (unpaired) electrons. The minimum atomic E-state index is -0.936. The van der Waals surface area contributed by atoms with Gasteiger partial charge in [-0.25, -0.2) is 4.79 Å². The fourth-order valence-electron chi connectivity index (χ4n) is 1.48. The van der Waals surface area contributed by atoms with Gasteiger partial charge in [0.2, 0.25) is 0 Å². The Bertz CT molecular complexity index is 241. The van der Waals surface area contributed by atoms with Crippen LogP contribution in [0.1, 0.15) is 13.3 Å². The molecule has 1 heterocycles. The molecule has 1 aliphatic rings. The first kappa shape index (κ1) is 13.0. The third-order valence-corrected chi connectivity index (χ3v) is 2.19. The lowest BCUT2D eigenvalue weighted by Crippen LogP contribution is -2.56. The van der Waals surface area contributed by atoms with E-state index in [4.69, 9.17) is 10.4 Å². The number of amides is 1. The van der Waals surface area contributed by atoms with E-state index in [1.54, 1.807) is 0 Å². The Morgan fingerprint density at radius 2 is 2.43 bits per heavy atom. The van der Waals surface area contributed by atoms with Gasteiger partial charge in [-0.05, 0) is 6.92 Å². The Morgan fingerprint density at radius 1 is 1.79 bits per heavy atom. The summed E-state index contributed by atoms with van der Waals surface area (Å²) in [5, 5.41) is 20.5. The monoisotopic (exact) mass is 219 g/mol. The third kappa shape index (κ3) is 3.05. The zero-order valence-electron chi connectivity index (χ0n) is 7.93. The number of carbonyl (C=O) groups is 1. The lowest BCUT2D eigenvalue weighted by atomic mass is 10.1. The minimum Gasteiger partial charge on any atom is -0.465 e.